The molecule has 0 spiro atoms. The minimum atomic E-state index is -0.720. The maximum atomic E-state index is 14.1. The molecule has 0 bridgehead atoms. The largest absolute Gasteiger partial charge is 0.492 e. The first-order valence-corrected chi connectivity index (χ1v) is 9.46. The zero-order chi connectivity index (χ0) is 19.4. The standard InChI is InChI=1S/C19H27FO7/c1-11(21)27-25-10-14(20)19-8-13-12(16(23)9-18(13)26-19)5-6-15(22)17-4-2-3-7-24-17/h5-6,12-13,15-18,22-23H,2-4,7-10H2,1H3/b6-5+,19-14-/t12-,13+,15+,16-,17?,18-/m1/s1. The van der Waals surface area contributed by atoms with Crippen LogP contribution in [0.25, 0.3) is 0 Å². The van der Waals surface area contributed by atoms with Crippen LogP contribution in [0.4, 0.5) is 4.39 Å². The van der Waals surface area contributed by atoms with Gasteiger partial charge in [-0.3, -0.25) is 4.89 Å². The second-order valence-corrected chi connectivity index (χ2v) is 7.35. The summed E-state index contributed by atoms with van der Waals surface area (Å²) in [5.41, 5.74) is 0. The molecule has 2 heterocycles. The van der Waals surface area contributed by atoms with Gasteiger partial charge in [0.15, 0.2) is 5.83 Å². The monoisotopic (exact) mass is 386 g/mol. The lowest BCUT2D eigenvalue weighted by atomic mass is 9.90. The third kappa shape index (κ3) is 5.07. The summed E-state index contributed by atoms with van der Waals surface area (Å²) >= 11 is 0. The van der Waals surface area contributed by atoms with Crippen LogP contribution in [-0.4, -0.2) is 53.8 Å². The van der Waals surface area contributed by atoms with E-state index in [1.807, 2.05) is 0 Å². The molecule has 3 fully saturated rings. The summed E-state index contributed by atoms with van der Waals surface area (Å²) in [4.78, 5) is 19.4. The summed E-state index contributed by atoms with van der Waals surface area (Å²) in [5, 5.41) is 20.6. The molecule has 27 heavy (non-hydrogen) atoms. The van der Waals surface area contributed by atoms with Crippen molar-refractivity contribution in [1.29, 1.82) is 0 Å². The van der Waals surface area contributed by atoms with Crippen molar-refractivity contribution in [1.82, 2.24) is 0 Å². The van der Waals surface area contributed by atoms with Gasteiger partial charge in [-0.25, -0.2) is 9.18 Å². The molecule has 2 saturated heterocycles. The highest BCUT2D eigenvalue weighted by molar-refractivity contribution is 5.65. The number of allylic oxidation sites excluding steroid dienone is 1. The van der Waals surface area contributed by atoms with Crippen molar-refractivity contribution in [2.45, 2.75) is 63.4 Å². The second kappa shape index (κ2) is 9.14. The summed E-state index contributed by atoms with van der Waals surface area (Å²) in [7, 11) is 0. The Morgan fingerprint density at radius 2 is 2.26 bits per heavy atom. The number of carbonyl (C=O) groups excluding carboxylic acids is 1. The van der Waals surface area contributed by atoms with Crippen LogP contribution in [0, 0.1) is 11.8 Å². The zero-order valence-electron chi connectivity index (χ0n) is 15.4. The lowest BCUT2D eigenvalue weighted by molar-refractivity contribution is -0.266. The van der Waals surface area contributed by atoms with E-state index in [1.54, 1.807) is 12.2 Å². The average Bonchev–Trinajstić information content (AvgIpc) is 3.17. The Morgan fingerprint density at radius 3 is 2.96 bits per heavy atom. The van der Waals surface area contributed by atoms with Crippen LogP contribution >= 0.6 is 0 Å². The van der Waals surface area contributed by atoms with Crippen molar-refractivity contribution >= 4 is 5.97 Å². The van der Waals surface area contributed by atoms with Gasteiger partial charge in [-0.2, -0.15) is 4.89 Å². The number of ether oxygens (including phenoxy) is 2. The Bertz CT molecular complexity index is 585. The number of rotatable bonds is 6. The molecular weight excluding hydrogens is 359 g/mol. The van der Waals surface area contributed by atoms with Crippen LogP contribution in [0.3, 0.4) is 0 Å². The third-order valence-corrected chi connectivity index (χ3v) is 5.40. The van der Waals surface area contributed by atoms with Gasteiger partial charge in [-0.15, -0.1) is 0 Å². The summed E-state index contributed by atoms with van der Waals surface area (Å²) in [5.74, 6) is -1.43. The molecule has 152 valence electrons. The Labute approximate surface area is 157 Å². The van der Waals surface area contributed by atoms with Crippen LogP contribution in [-0.2, 0) is 24.0 Å². The summed E-state index contributed by atoms with van der Waals surface area (Å²) in [6, 6.07) is 0. The van der Waals surface area contributed by atoms with E-state index in [4.69, 9.17) is 9.47 Å². The second-order valence-electron chi connectivity index (χ2n) is 7.35. The molecule has 2 N–H and O–H groups in total. The number of hydrogen-bond donors (Lipinski definition) is 2. The van der Waals surface area contributed by atoms with Crippen molar-refractivity contribution in [3.8, 4) is 0 Å². The van der Waals surface area contributed by atoms with Crippen LogP contribution in [0.1, 0.15) is 39.0 Å². The van der Waals surface area contributed by atoms with Gasteiger partial charge < -0.3 is 19.7 Å². The smallest absolute Gasteiger partial charge is 0.339 e. The Balaban J connectivity index is 1.57. The van der Waals surface area contributed by atoms with Crippen LogP contribution in [0.5, 0.6) is 0 Å². The van der Waals surface area contributed by atoms with Gasteiger partial charge >= 0.3 is 5.97 Å². The van der Waals surface area contributed by atoms with E-state index in [9.17, 15) is 19.4 Å². The lowest BCUT2D eigenvalue weighted by Crippen LogP contribution is -2.31. The van der Waals surface area contributed by atoms with E-state index in [1.165, 1.54) is 0 Å². The van der Waals surface area contributed by atoms with Crippen molar-refractivity contribution in [2.75, 3.05) is 13.2 Å². The van der Waals surface area contributed by atoms with Gasteiger partial charge in [0.25, 0.3) is 0 Å². The Morgan fingerprint density at radius 1 is 1.44 bits per heavy atom. The fourth-order valence-corrected chi connectivity index (χ4v) is 4.04. The van der Waals surface area contributed by atoms with Gasteiger partial charge in [-0.05, 0) is 19.3 Å². The number of carbonyl (C=O) groups is 1. The first kappa shape index (κ1) is 20.3. The Kier molecular flexibility index (Phi) is 6.86. The van der Waals surface area contributed by atoms with E-state index in [-0.39, 0.29) is 29.8 Å². The molecule has 0 aromatic carbocycles. The maximum Gasteiger partial charge on any atom is 0.339 e. The zero-order valence-corrected chi connectivity index (χ0v) is 15.4. The molecule has 1 saturated carbocycles. The van der Waals surface area contributed by atoms with Gasteiger partial charge in [0.05, 0.1) is 18.3 Å². The number of aliphatic hydroxyl groups excluding tert-OH is 2. The van der Waals surface area contributed by atoms with E-state index in [0.717, 1.165) is 26.2 Å². The molecule has 8 heteroatoms. The van der Waals surface area contributed by atoms with Gasteiger partial charge in [0, 0.05) is 38.2 Å². The molecule has 7 nitrogen and oxygen atoms in total. The number of hydrogen-bond acceptors (Lipinski definition) is 7. The van der Waals surface area contributed by atoms with E-state index in [2.05, 4.69) is 9.78 Å². The highest BCUT2D eigenvalue weighted by atomic mass is 19.1. The minimum absolute atomic E-state index is 0.0785. The SMILES string of the molecule is CC(=O)OOC/C(F)=C1\C[C@H]2[C@@H](/C=C/[C@H](O)C3CCCCO3)[C@H](O)C[C@H]2O1. The first-order valence-electron chi connectivity index (χ1n) is 9.46. The summed E-state index contributed by atoms with van der Waals surface area (Å²) in [6.07, 6.45) is 5.24. The highest BCUT2D eigenvalue weighted by Gasteiger charge is 2.48. The predicted molar refractivity (Wildman–Crippen MR) is 91.7 cm³/mol. The normalized spacial score (nSPS) is 36.4. The van der Waals surface area contributed by atoms with Crippen molar-refractivity contribution in [3.63, 3.8) is 0 Å². The molecule has 3 rings (SSSR count). The molecule has 1 unspecified atom stereocenters. The van der Waals surface area contributed by atoms with Gasteiger partial charge in [0.2, 0.25) is 0 Å². The molecule has 0 amide bonds. The van der Waals surface area contributed by atoms with Crippen molar-refractivity contribution in [3.05, 3.63) is 23.7 Å². The van der Waals surface area contributed by atoms with Gasteiger partial charge in [0.1, 0.15) is 18.5 Å². The van der Waals surface area contributed by atoms with Crippen LogP contribution < -0.4 is 0 Å². The van der Waals surface area contributed by atoms with E-state index < -0.39 is 30.6 Å². The van der Waals surface area contributed by atoms with Crippen molar-refractivity contribution in [2.24, 2.45) is 11.8 Å². The molecule has 2 aliphatic heterocycles. The quantitative estimate of drug-likeness (QED) is 0.409. The number of fused-ring (bicyclic) bond motifs is 1. The predicted octanol–water partition coefficient (Wildman–Crippen LogP) is 1.93. The van der Waals surface area contributed by atoms with E-state index >= 15 is 0 Å². The van der Waals surface area contributed by atoms with Crippen LogP contribution in [0.2, 0.25) is 0 Å². The van der Waals surface area contributed by atoms with Crippen LogP contribution in [0.15, 0.2) is 23.7 Å². The lowest BCUT2D eigenvalue weighted by Gasteiger charge is -2.25. The molecule has 0 aromatic rings. The highest BCUT2D eigenvalue weighted by Crippen LogP contribution is 2.46. The molecule has 6 atom stereocenters. The minimum Gasteiger partial charge on any atom is -0.492 e. The summed E-state index contributed by atoms with van der Waals surface area (Å²) in [6.45, 7) is 1.31. The molecule has 0 radical (unpaired) electrons. The number of halogens is 1. The molecule has 0 aromatic heterocycles. The van der Waals surface area contributed by atoms with E-state index in [0.29, 0.717) is 19.4 Å². The molecule has 1 aliphatic carbocycles. The molecule has 3 aliphatic rings. The topological polar surface area (TPSA) is 94.5 Å². The fraction of sp³-hybridized carbons (Fsp3) is 0.737. The third-order valence-electron chi connectivity index (χ3n) is 5.40. The maximum absolute atomic E-state index is 14.1. The Hall–Kier alpha value is -1.48. The van der Waals surface area contributed by atoms with Gasteiger partial charge in [-0.1, -0.05) is 12.2 Å². The summed E-state index contributed by atoms with van der Waals surface area (Å²) < 4.78 is 25.4. The fourth-order valence-electron chi connectivity index (χ4n) is 4.04. The van der Waals surface area contributed by atoms with Crippen molar-refractivity contribution < 1.29 is 38.6 Å². The average molecular weight is 386 g/mol. The first-order chi connectivity index (χ1) is 13.0. The number of aliphatic hydroxyl groups is 2. The molecular formula is C19H27FO7.